The zero-order chi connectivity index (χ0) is 19.1. The summed E-state index contributed by atoms with van der Waals surface area (Å²) in [4.78, 5) is 4.74. The van der Waals surface area contributed by atoms with Gasteiger partial charge >= 0.3 is 0 Å². The average Bonchev–Trinajstić information content (AvgIpc) is 3.48. The first kappa shape index (κ1) is 22.6. The fourth-order valence-electron chi connectivity index (χ4n) is 3.23. The molecule has 0 aliphatic heterocycles. The summed E-state index contributed by atoms with van der Waals surface area (Å²) in [5.41, 5.74) is 2.12. The number of guanidine groups is 1. The Labute approximate surface area is 183 Å². The maximum Gasteiger partial charge on any atom is 0.191 e. The molecule has 0 aromatic heterocycles. The van der Waals surface area contributed by atoms with Crippen LogP contribution in [-0.2, 0) is 5.41 Å². The molecule has 3 rings (SSSR count). The van der Waals surface area contributed by atoms with Crippen LogP contribution in [0.4, 0.5) is 4.39 Å². The van der Waals surface area contributed by atoms with Crippen molar-refractivity contribution < 1.29 is 9.50 Å². The van der Waals surface area contributed by atoms with Crippen molar-refractivity contribution in [3.05, 3.63) is 71.5 Å². The Hall–Kier alpha value is -1.67. The van der Waals surface area contributed by atoms with Gasteiger partial charge in [0.2, 0.25) is 0 Å². The largest absolute Gasteiger partial charge is 0.388 e. The minimum absolute atomic E-state index is 0. The van der Waals surface area contributed by atoms with E-state index in [4.69, 9.17) is 4.99 Å². The zero-order valence-electron chi connectivity index (χ0n) is 16.2. The van der Waals surface area contributed by atoms with Gasteiger partial charge in [0.05, 0.1) is 12.6 Å². The number of aliphatic hydroxyl groups excluding tert-OH is 1. The summed E-state index contributed by atoms with van der Waals surface area (Å²) >= 11 is 0. The van der Waals surface area contributed by atoms with E-state index in [9.17, 15) is 9.50 Å². The Bertz CT molecular complexity index is 748. The Morgan fingerprint density at radius 1 is 1.11 bits per heavy atom. The Balaban J connectivity index is 0.00000280. The second kappa shape index (κ2) is 10.8. The van der Waals surface area contributed by atoms with E-state index in [0.717, 1.165) is 36.5 Å². The average molecular weight is 497 g/mol. The molecule has 1 fully saturated rings. The van der Waals surface area contributed by atoms with Gasteiger partial charge in [-0.2, -0.15) is 0 Å². The number of nitrogens with one attached hydrogen (secondary N) is 2. The monoisotopic (exact) mass is 497 g/mol. The SMILES string of the molecule is CCNC(=NCC1(c2ccc(F)cc2)CC1)NCCC(O)c1ccccc1.I. The molecule has 1 unspecified atom stereocenters. The quantitative estimate of drug-likeness (QED) is 0.292. The van der Waals surface area contributed by atoms with Gasteiger partial charge in [-0.15, -0.1) is 24.0 Å². The molecule has 2 aromatic carbocycles. The molecule has 3 N–H and O–H groups in total. The highest BCUT2D eigenvalue weighted by molar-refractivity contribution is 14.0. The van der Waals surface area contributed by atoms with Crippen molar-refractivity contribution in [3.63, 3.8) is 0 Å². The van der Waals surface area contributed by atoms with Crippen LogP contribution in [-0.4, -0.2) is 30.7 Å². The van der Waals surface area contributed by atoms with E-state index >= 15 is 0 Å². The molecule has 4 nitrogen and oxygen atoms in total. The van der Waals surface area contributed by atoms with Crippen molar-refractivity contribution in [3.8, 4) is 0 Å². The van der Waals surface area contributed by atoms with Gasteiger partial charge in [-0.25, -0.2) is 4.39 Å². The van der Waals surface area contributed by atoms with E-state index in [1.807, 2.05) is 49.4 Å². The van der Waals surface area contributed by atoms with Crippen LogP contribution >= 0.6 is 24.0 Å². The van der Waals surface area contributed by atoms with E-state index < -0.39 is 6.10 Å². The third kappa shape index (κ3) is 6.17. The summed E-state index contributed by atoms with van der Waals surface area (Å²) in [6, 6.07) is 16.5. The minimum Gasteiger partial charge on any atom is -0.388 e. The van der Waals surface area contributed by atoms with Crippen LogP contribution in [0.2, 0.25) is 0 Å². The van der Waals surface area contributed by atoms with Gasteiger partial charge in [0.25, 0.3) is 0 Å². The van der Waals surface area contributed by atoms with Crippen molar-refractivity contribution in [1.82, 2.24) is 10.6 Å². The van der Waals surface area contributed by atoms with Gasteiger partial charge in [-0.1, -0.05) is 42.5 Å². The van der Waals surface area contributed by atoms with E-state index in [0.29, 0.717) is 19.5 Å². The number of aliphatic hydroxyl groups is 1. The van der Waals surface area contributed by atoms with Crippen molar-refractivity contribution >= 4 is 29.9 Å². The summed E-state index contributed by atoms with van der Waals surface area (Å²) in [5, 5.41) is 16.8. The summed E-state index contributed by atoms with van der Waals surface area (Å²) in [7, 11) is 0. The van der Waals surface area contributed by atoms with Crippen molar-refractivity contribution in [2.75, 3.05) is 19.6 Å². The van der Waals surface area contributed by atoms with Crippen molar-refractivity contribution in [1.29, 1.82) is 0 Å². The molecule has 1 aliphatic carbocycles. The van der Waals surface area contributed by atoms with E-state index in [1.54, 1.807) is 0 Å². The summed E-state index contributed by atoms with van der Waals surface area (Å²) in [5.74, 6) is 0.552. The van der Waals surface area contributed by atoms with Gasteiger partial charge in [-0.3, -0.25) is 4.99 Å². The number of halogens is 2. The number of aliphatic imine (C=N–C) groups is 1. The minimum atomic E-state index is -0.490. The normalized spacial score (nSPS) is 16.0. The van der Waals surface area contributed by atoms with Crippen LogP contribution in [0, 0.1) is 5.82 Å². The Kier molecular flexibility index (Phi) is 8.69. The number of hydrogen-bond acceptors (Lipinski definition) is 2. The fraction of sp³-hybridized carbons (Fsp3) is 0.409. The van der Waals surface area contributed by atoms with Crippen LogP contribution in [0.1, 0.15) is 43.4 Å². The molecule has 0 bridgehead atoms. The highest BCUT2D eigenvalue weighted by Gasteiger charge is 2.44. The maximum absolute atomic E-state index is 13.2. The molecule has 1 atom stereocenters. The first-order chi connectivity index (χ1) is 13.1. The molecule has 2 aromatic rings. The number of benzene rings is 2. The van der Waals surface area contributed by atoms with Gasteiger partial charge in [-0.05, 0) is 49.4 Å². The van der Waals surface area contributed by atoms with E-state index in [1.165, 1.54) is 12.1 Å². The van der Waals surface area contributed by atoms with Gasteiger partial charge in [0, 0.05) is 18.5 Å². The van der Waals surface area contributed by atoms with Gasteiger partial charge in [0.1, 0.15) is 5.82 Å². The molecule has 1 saturated carbocycles. The molecule has 6 heteroatoms. The third-order valence-corrected chi connectivity index (χ3v) is 5.09. The Morgan fingerprint density at radius 2 is 1.79 bits per heavy atom. The maximum atomic E-state index is 13.2. The predicted molar refractivity (Wildman–Crippen MR) is 123 cm³/mol. The summed E-state index contributed by atoms with van der Waals surface area (Å²) in [6.45, 7) is 4.11. The smallest absolute Gasteiger partial charge is 0.191 e. The first-order valence-corrected chi connectivity index (χ1v) is 9.64. The lowest BCUT2D eigenvalue weighted by Gasteiger charge is -2.17. The standard InChI is InChI=1S/C22H28FN3O.HI/c1-2-24-21(25-15-12-20(27)17-6-4-3-5-7-17)26-16-22(13-14-22)18-8-10-19(23)11-9-18;/h3-11,20,27H,2,12-16H2,1H3,(H2,24,25,26);1H. The van der Waals surface area contributed by atoms with E-state index in [2.05, 4.69) is 10.6 Å². The van der Waals surface area contributed by atoms with Crippen LogP contribution in [0.25, 0.3) is 0 Å². The van der Waals surface area contributed by atoms with Crippen LogP contribution in [0.15, 0.2) is 59.6 Å². The van der Waals surface area contributed by atoms with Crippen LogP contribution in [0.3, 0.4) is 0 Å². The molecule has 0 spiro atoms. The molecular formula is C22H29FIN3O. The number of hydrogen-bond donors (Lipinski definition) is 3. The van der Waals surface area contributed by atoms with Crippen molar-refractivity contribution in [2.45, 2.75) is 37.7 Å². The third-order valence-electron chi connectivity index (χ3n) is 5.09. The molecule has 0 radical (unpaired) electrons. The van der Waals surface area contributed by atoms with Crippen LogP contribution in [0.5, 0.6) is 0 Å². The number of nitrogens with zero attached hydrogens (tertiary/aromatic N) is 1. The number of rotatable bonds is 8. The van der Waals surface area contributed by atoms with Gasteiger partial charge in [0.15, 0.2) is 5.96 Å². The predicted octanol–water partition coefficient (Wildman–Crippen LogP) is 4.15. The molecule has 152 valence electrons. The van der Waals surface area contributed by atoms with Crippen molar-refractivity contribution in [2.24, 2.45) is 4.99 Å². The van der Waals surface area contributed by atoms with Crippen LogP contribution < -0.4 is 10.6 Å². The molecule has 0 amide bonds. The lowest BCUT2D eigenvalue weighted by Crippen LogP contribution is -2.38. The lowest BCUT2D eigenvalue weighted by atomic mass is 9.96. The zero-order valence-corrected chi connectivity index (χ0v) is 18.5. The summed E-state index contributed by atoms with van der Waals surface area (Å²) < 4.78 is 13.2. The second-order valence-electron chi connectivity index (χ2n) is 7.12. The second-order valence-corrected chi connectivity index (χ2v) is 7.12. The van der Waals surface area contributed by atoms with E-state index in [-0.39, 0.29) is 35.2 Å². The molecular weight excluding hydrogens is 468 g/mol. The Morgan fingerprint density at radius 3 is 2.39 bits per heavy atom. The lowest BCUT2D eigenvalue weighted by molar-refractivity contribution is 0.168. The fourth-order valence-corrected chi connectivity index (χ4v) is 3.23. The first-order valence-electron chi connectivity index (χ1n) is 9.64. The molecule has 1 aliphatic rings. The highest BCUT2D eigenvalue weighted by atomic mass is 127. The van der Waals surface area contributed by atoms with Gasteiger partial charge < -0.3 is 15.7 Å². The summed E-state index contributed by atoms with van der Waals surface area (Å²) in [6.07, 6.45) is 2.27. The topological polar surface area (TPSA) is 56.7 Å². The highest BCUT2D eigenvalue weighted by Crippen LogP contribution is 2.48. The molecule has 0 saturated heterocycles. The molecule has 0 heterocycles. The molecule has 28 heavy (non-hydrogen) atoms.